The van der Waals surface area contributed by atoms with Crippen LogP contribution in [0.4, 0.5) is 0 Å². The van der Waals surface area contributed by atoms with Crippen molar-refractivity contribution in [1.29, 1.82) is 5.41 Å². The number of rotatable bonds is 12. The van der Waals surface area contributed by atoms with Crippen molar-refractivity contribution < 1.29 is 50.5 Å². The van der Waals surface area contributed by atoms with Crippen LogP contribution in [-0.2, 0) is 14.3 Å². The number of aliphatic carboxylic acids is 1. The van der Waals surface area contributed by atoms with Crippen LogP contribution in [0.5, 0.6) is 0 Å². The maximum absolute atomic E-state index is 11.4. The molecular weight excluding hydrogens is 668 g/mol. The van der Waals surface area contributed by atoms with Gasteiger partial charge in [-0.05, 0) is 55.3 Å². The van der Waals surface area contributed by atoms with E-state index in [1.165, 1.54) is 28.2 Å². The van der Waals surface area contributed by atoms with Crippen LogP contribution in [0.3, 0.4) is 0 Å². The van der Waals surface area contributed by atoms with Crippen molar-refractivity contribution in [2.24, 2.45) is 0 Å². The molecule has 8 heteroatoms. The summed E-state index contributed by atoms with van der Waals surface area (Å²) in [7, 11) is 0. The molecule has 0 aromatic heterocycles. The number of allylic oxidation sites excluding steroid dienone is 3. The van der Waals surface area contributed by atoms with Gasteiger partial charge < -0.3 is 25.9 Å². The fourth-order valence-corrected chi connectivity index (χ4v) is 4.11. The van der Waals surface area contributed by atoms with Crippen molar-refractivity contribution in [3.05, 3.63) is 59.0 Å². The van der Waals surface area contributed by atoms with E-state index in [1.54, 1.807) is 6.41 Å². The number of carbonyl (C=O) groups excluding carboxylic acids is 1. The fourth-order valence-electron chi connectivity index (χ4n) is 4.11. The molecule has 1 aromatic rings. The van der Waals surface area contributed by atoms with Crippen LogP contribution < -0.4 is 10.6 Å². The second-order valence-corrected chi connectivity index (χ2v) is 9.05. The number of nitrogens with one attached hydrogen (secondary N) is 3. The predicted octanol–water partition coefficient (Wildman–Crippen LogP) is 4.37. The van der Waals surface area contributed by atoms with Gasteiger partial charge in [0.2, 0.25) is 0 Å². The number of hydrogen-bond acceptors (Lipinski definition) is 5. The summed E-state index contributed by atoms with van der Waals surface area (Å²) in [6, 6.07) is 7.57. The third kappa shape index (κ3) is 10.3. The molecule has 2 unspecified atom stereocenters. The molecule has 0 saturated carbocycles. The van der Waals surface area contributed by atoms with Crippen molar-refractivity contribution in [3.8, 4) is 0 Å². The molecule has 188 valence electrons. The van der Waals surface area contributed by atoms with Crippen LogP contribution in [-0.4, -0.2) is 49.1 Å². The fraction of sp³-hybridized carbons (Fsp3) is 0.481. The van der Waals surface area contributed by atoms with E-state index < -0.39 is 12.0 Å². The summed E-state index contributed by atoms with van der Waals surface area (Å²) in [5, 5.41) is 22.8. The molecule has 0 spiro atoms. The van der Waals surface area contributed by atoms with Crippen molar-refractivity contribution in [1.82, 2.24) is 10.6 Å². The Morgan fingerprint density at radius 3 is 2.69 bits per heavy atom. The van der Waals surface area contributed by atoms with Gasteiger partial charge in [-0.1, -0.05) is 42.0 Å². The first kappa shape index (κ1) is 31.2. The minimum atomic E-state index is -0.953. The topological polar surface area (TPSA) is 112 Å². The van der Waals surface area contributed by atoms with Gasteiger partial charge >= 0.3 is 37.1 Å². The number of carboxylic acids is 1. The summed E-state index contributed by atoms with van der Waals surface area (Å²) in [5.74, 6) is 0.640. The normalized spacial score (nSPS) is 16.3. The summed E-state index contributed by atoms with van der Waals surface area (Å²) in [5.41, 5.74) is 5.13. The maximum atomic E-state index is 11.4. The Labute approximate surface area is 233 Å². The summed E-state index contributed by atoms with van der Waals surface area (Å²) in [4.78, 5) is 21.5. The summed E-state index contributed by atoms with van der Waals surface area (Å²) < 4.78 is 5.74. The van der Waals surface area contributed by atoms with Crippen LogP contribution in [0.15, 0.2) is 42.0 Å². The second-order valence-electron chi connectivity index (χ2n) is 9.05. The van der Waals surface area contributed by atoms with E-state index in [-0.39, 0.29) is 49.5 Å². The van der Waals surface area contributed by atoms with Crippen LogP contribution in [0, 0.1) is 42.4 Å². The average molecular weight is 706 g/mol. The van der Waals surface area contributed by atoms with Gasteiger partial charge in [0.15, 0.2) is 5.90 Å². The summed E-state index contributed by atoms with van der Waals surface area (Å²) in [6.07, 6.45) is 9.74. The SMILES string of the molecule is C[C-](C)C.N=C(CNC(CCCCN[C-]=O)C(=O)O)OCC1C2=C(C=CCC2)c2ccccc21.[U+2]. The summed E-state index contributed by atoms with van der Waals surface area (Å²) in [6.45, 7) is 7.18. The number of carboxylic acid groups (broad SMARTS) is 1. The van der Waals surface area contributed by atoms with Crippen molar-refractivity contribution in [2.45, 2.75) is 64.8 Å². The van der Waals surface area contributed by atoms with Crippen molar-refractivity contribution in [3.63, 3.8) is 0 Å². The minimum absolute atomic E-state index is 0. The number of carbonyl (C=O) groups is 1. The quantitative estimate of drug-likeness (QED) is 0.0850. The predicted molar refractivity (Wildman–Crippen MR) is 135 cm³/mol. The Balaban J connectivity index is 0.00000114. The molecule has 0 bridgehead atoms. The molecule has 35 heavy (non-hydrogen) atoms. The third-order valence-corrected chi connectivity index (χ3v) is 5.61. The molecule has 3 rings (SSSR count). The number of benzene rings is 1. The zero-order valence-corrected chi connectivity index (χ0v) is 25.1. The monoisotopic (exact) mass is 705 g/mol. The Morgan fingerprint density at radius 1 is 1.29 bits per heavy atom. The van der Waals surface area contributed by atoms with Gasteiger partial charge in [-0.25, -0.2) is 0 Å². The molecule has 0 fully saturated rings. The first-order valence-electron chi connectivity index (χ1n) is 11.9. The van der Waals surface area contributed by atoms with Gasteiger partial charge in [0, 0.05) is 5.92 Å². The number of unbranched alkanes of at least 4 members (excludes halogenated alkanes) is 1. The Hall–Kier alpha value is -1.88. The number of ether oxygens (including phenoxy) is 1. The van der Waals surface area contributed by atoms with E-state index in [0.717, 1.165) is 12.8 Å². The van der Waals surface area contributed by atoms with Crippen molar-refractivity contribution >= 4 is 23.9 Å². The first-order valence-corrected chi connectivity index (χ1v) is 11.9. The summed E-state index contributed by atoms with van der Waals surface area (Å²) >= 11 is 0. The zero-order valence-electron chi connectivity index (χ0n) is 20.9. The van der Waals surface area contributed by atoms with Gasteiger partial charge in [-0.15, -0.1) is 0 Å². The standard InChI is InChI=1S/C23H28N3O4.C4H9.U/c24-22(13-26-21(23(28)29)11-5-6-12-25-15-27)30-14-20-18-9-3-1-7-16(18)17-8-2-4-10-19(17)20;1-4(2)3;/h1-3,7-9,20-21,24,26H,4-6,10-14H2,(H,25,27)(H,28,29);1-3H3;/q2*-1;+2. The molecule has 0 heterocycles. The average Bonchev–Trinajstić information content (AvgIpc) is 3.12. The Morgan fingerprint density at radius 2 is 2.00 bits per heavy atom. The molecule has 0 radical (unpaired) electrons. The van der Waals surface area contributed by atoms with E-state index in [1.807, 2.05) is 12.1 Å². The smallest absolute Gasteiger partial charge is 0.530 e. The molecule has 7 nitrogen and oxygen atoms in total. The Bertz CT molecular complexity index is 895. The van der Waals surface area contributed by atoms with Crippen molar-refractivity contribution in [2.75, 3.05) is 19.7 Å². The van der Waals surface area contributed by atoms with E-state index in [4.69, 9.17) is 10.1 Å². The molecule has 2 atom stereocenters. The molecule has 4 N–H and O–H groups in total. The second kappa shape index (κ2) is 16.7. The first-order chi connectivity index (χ1) is 16.3. The van der Waals surface area contributed by atoms with Gasteiger partial charge in [-0.2, -0.15) is 27.2 Å². The van der Waals surface area contributed by atoms with E-state index in [0.29, 0.717) is 32.4 Å². The number of hydrogen-bond donors (Lipinski definition) is 4. The molecule has 0 saturated heterocycles. The van der Waals surface area contributed by atoms with E-state index in [9.17, 15) is 14.7 Å². The Kier molecular flexibility index (Phi) is 14.9. The minimum Gasteiger partial charge on any atom is -0.530 e. The third-order valence-electron chi connectivity index (χ3n) is 5.61. The van der Waals surface area contributed by atoms with Crippen LogP contribution in [0.25, 0.3) is 5.57 Å². The largest absolute Gasteiger partial charge is 2.00 e. The molecule has 2 aliphatic carbocycles. The van der Waals surface area contributed by atoms with Gasteiger partial charge in [0.25, 0.3) is 0 Å². The zero-order chi connectivity index (χ0) is 24.9. The van der Waals surface area contributed by atoms with Gasteiger partial charge in [0.1, 0.15) is 12.6 Å². The van der Waals surface area contributed by atoms with Crippen LogP contribution in [0.2, 0.25) is 0 Å². The molecule has 1 amide bonds. The van der Waals surface area contributed by atoms with Gasteiger partial charge in [-0.3, -0.25) is 15.5 Å². The molecular formula is C27H37N3O4U. The van der Waals surface area contributed by atoms with Crippen LogP contribution >= 0.6 is 0 Å². The van der Waals surface area contributed by atoms with Gasteiger partial charge in [0.05, 0.1) is 6.54 Å². The number of amides is 1. The number of fused-ring (bicyclic) bond motifs is 2. The van der Waals surface area contributed by atoms with E-state index >= 15 is 0 Å². The van der Waals surface area contributed by atoms with E-state index in [2.05, 4.69) is 55.7 Å². The maximum Gasteiger partial charge on any atom is 2.00 e. The molecule has 1 aromatic carbocycles. The van der Waals surface area contributed by atoms with Crippen LogP contribution in [0.1, 0.15) is 69.9 Å². The molecule has 0 aliphatic heterocycles. The molecule has 2 aliphatic rings.